The molecule has 0 bridgehead atoms. The van der Waals surface area contributed by atoms with Crippen LogP contribution in [0.3, 0.4) is 0 Å². The van der Waals surface area contributed by atoms with Crippen LogP contribution in [0.4, 0.5) is 0 Å². The molecular formula is C50H30N4O3. The molecule has 57 heavy (non-hydrogen) atoms. The molecule has 0 atom stereocenters. The van der Waals surface area contributed by atoms with E-state index in [0.29, 0.717) is 39.9 Å². The number of allylic oxidation sites excluding steroid dienone is 6. The summed E-state index contributed by atoms with van der Waals surface area (Å²) in [4.78, 5) is 40.8. The second kappa shape index (κ2) is 12.6. The predicted octanol–water partition coefficient (Wildman–Crippen LogP) is 8.75. The zero-order chi connectivity index (χ0) is 39.1. The summed E-state index contributed by atoms with van der Waals surface area (Å²) in [6.07, 6.45) is 7.16. The van der Waals surface area contributed by atoms with Crippen molar-refractivity contribution >= 4 is 78.4 Å². The van der Waals surface area contributed by atoms with Crippen LogP contribution in [0.1, 0.15) is 43.6 Å². The molecule has 2 aliphatic carbocycles. The highest BCUT2D eigenvalue weighted by atomic mass is 16.2. The Labute approximate surface area is 326 Å². The van der Waals surface area contributed by atoms with Crippen molar-refractivity contribution in [2.24, 2.45) is 7.05 Å². The number of rotatable bonds is 4. The predicted molar refractivity (Wildman–Crippen MR) is 224 cm³/mol. The first-order chi connectivity index (χ1) is 27.8. The minimum atomic E-state index is -0.268. The van der Waals surface area contributed by atoms with Gasteiger partial charge in [-0.05, 0) is 76.9 Å². The molecule has 0 radical (unpaired) electrons. The maximum absolute atomic E-state index is 14.4. The Morgan fingerprint density at radius 2 is 1.19 bits per heavy atom. The average Bonchev–Trinajstić information content (AvgIpc) is 3.89. The van der Waals surface area contributed by atoms with Gasteiger partial charge < -0.3 is 9.13 Å². The SMILES string of the molecule is CCn1c(=CC=C2C(=O)c3ccccc3C2=O)c2cccc3c(-c4ccc5c(c4)C(=O)C(=CC=c4c6cccc7cccc(c76)n4C)C5=C(C#N)C#N)ccc1c32. The molecule has 7 nitrogen and oxygen atoms in total. The molecule has 8 aromatic rings. The molecule has 7 heteroatoms. The fraction of sp³-hybridized carbons (Fsp3) is 0.0600. The Kier molecular flexibility index (Phi) is 7.44. The largest absolute Gasteiger partial charge is 0.344 e. The van der Waals surface area contributed by atoms with Gasteiger partial charge in [0.15, 0.2) is 17.3 Å². The monoisotopic (exact) mass is 734 g/mol. The molecule has 2 aliphatic rings. The number of nitrogens with zero attached hydrogens (tertiary/aromatic N) is 4. The molecule has 2 aromatic heterocycles. The number of hydrogen-bond donors (Lipinski definition) is 0. The zero-order valence-corrected chi connectivity index (χ0v) is 30.9. The Balaban J connectivity index is 1.11. The summed E-state index contributed by atoms with van der Waals surface area (Å²) in [7, 11) is 1.99. The van der Waals surface area contributed by atoms with Gasteiger partial charge in [-0.3, -0.25) is 14.4 Å². The van der Waals surface area contributed by atoms with Crippen molar-refractivity contribution in [3.8, 4) is 23.3 Å². The summed E-state index contributed by atoms with van der Waals surface area (Å²) < 4.78 is 4.27. The Bertz CT molecular complexity index is 3420. The maximum Gasteiger partial charge on any atom is 0.197 e. The summed E-state index contributed by atoms with van der Waals surface area (Å²) in [5.41, 5.74) is 6.33. The highest BCUT2D eigenvalue weighted by molar-refractivity contribution is 6.39. The normalized spacial score (nSPS) is 15.2. The van der Waals surface area contributed by atoms with Crippen LogP contribution < -0.4 is 10.7 Å². The average molecular weight is 735 g/mol. The highest BCUT2D eigenvalue weighted by Crippen LogP contribution is 2.42. The van der Waals surface area contributed by atoms with Gasteiger partial charge in [0.1, 0.15) is 17.7 Å². The van der Waals surface area contributed by atoms with E-state index in [2.05, 4.69) is 58.5 Å². The van der Waals surface area contributed by atoms with Crippen LogP contribution in [0, 0.1) is 22.7 Å². The molecule has 0 amide bonds. The molecule has 0 saturated carbocycles. The van der Waals surface area contributed by atoms with Gasteiger partial charge in [0.25, 0.3) is 0 Å². The minimum Gasteiger partial charge on any atom is -0.344 e. The number of benzene rings is 6. The third kappa shape index (κ3) is 4.73. The number of hydrogen-bond acceptors (Lipinski definition) is 5. The maximum atomic E-state index is 14.4. The number of carbonyl (C=O) groups excluding carboxylic acids is 3. The quantitative estimate of drug-likeness (QED) is 0.102. The number of aromatic nitrogens is 2. The molecular weight excluding hydrogens is 705 g/mol. The highest BCUT2D eigenvalue weighted by Gasteiger charge is 2.34. The van der Waals surface area contributed by atoms with E-state index in [0.717, 1.165) is 65.2 Å². The van der Waals surface area contributed by atoms with Crippen molar-refractivity contribution in [2.45, 2.75) is 13.5 Å². The van der Waals surface area contributed by atoms with Crippen LogP contribution in [-0.2, 0) is 13.6 Å². The fourth-order valence-corrected chi connectivity index (χ4v) is 9.03. The molecule has 6 aromatic carbocycles. The first-order valence-corrected chi connectivity index (χ1v) is 18.7. The first kappa shape index (κ1) is 33.7. The summed E-state index contributed by atoms with van der Waals surface area (Å²) in [5.74, 6) is -0.787. The van der Waals surface area contributed by atoms with E-state index in [-0.39, 0.29) is 28.5 Å². The summed E-state index contributed by atoms with van der Waals surface area (Å²) in [6, 6.07) is 39.2. The number of fused-ring (bicyclic) bond motifs is 2. The molecule has 0 unspecified atom stereocenters. The van der Waals surface area contributed by atoms with Crippen LogP contribution in [-0.4, -0.2) is 26.5 Å². The Hall–Kier alpha value is -7.87. The van der Waals surface area contributed by atoms with E-state index in [1.807, 2.05) is 73.8 Å². The Morgan fingerprint density at radius 1 is 0.579 bits per heavy atom. The van der Waals surface area contributed by atoms with E-state index in [1.54, 1.807) is 36.4 Å². The molecule has 0 N–H and O–H groups in total. The lowest BCUT2D eigenvalue weighted by Crippen LogP contribution is -2.15. The van der Waals surface area contributed by atoms with Crippen LogP contribution >= 0.6 is 0 Å². The number of nitriles is 2. The van der Waals surface area contributed by atoms with Crippen molar-refractivity contribution in [3.05, 3.63) is 171 Å². The molecule has 2 heterocycles. The fourth-order valence-electron chi connectivity index (χ4n) is 9.03. The van der Waals surface area contributed by atoms with Gasteiger partial charge in [-0.25, -0.2) is 0 Å². The van der Waals surface area contributed by atoms with Gasteiger partial charge in [0.05, 0.1) is 5.57 Å². The summed E-state index contributed by atoms with van der Waals surface area (Å²) in [5, 5.41) is 28.2. The number of ketones is 3. The van der Waals surface area contributed by atoms with Gasteiger partial charge >= 0.3 is 0 Å². The second-order valence-corrected chi connectivity index (χ2v) is 14.4. The number of Topliss-reactive ketones (excluding diaryl/α,β-unsaturated/α-hetero) is 3. The van der Waals surface area contributed by atoms with E-state index < -0.39 is 0 Å². The van der Waals surface area contributed by atoms with E-state index in [4.69, 9.17) is 0 Å². The number of aryl methyl sites for hydroxylation is 2. The minimum absolute atomic E-state index is 0.117. The van der Waals surface area contributed by atoms with Gasteiger partial charge in [0, 0.05) is 84.7 Å². The first-order valence-electron chi connectivity index (χ1n) is 18.7. The van der Waals surface area contributed by atoms with Crippen LogP contribution in [0.25, 0.3) is 72.2 Å². The van der Waals surface area contributed by atoms with Gasteiger partial charge in [-0.15, -0.1) is 0 Å². The smallest absolute Gasteiger partial charge is 0.197 e. The number of carbonyl (C=O) groups is 3. The van der Waals surface area contributed by atoms with Gasteiger partial charge in [-0.2, -0.15) is 10.5 Å². The summed E-state index contributed by atoms with van der Waals surface area (Å²) >= 11 is 0. The van der Waals surface area contributed by atoms with Crippen molar-refractivity contribution in [1.82, 2.24) is 9.13 Å². The standard InChI is InChI=1S/C50H30N4O3/c1-3-54-42(23-21-39-48(55)34-11-4-5-12-35(34)49(39)56)37-15-8-13-32-31(19-24-44(54)47(32)37)29-17-18-33-40(25-29)50(57)38(45(33)30(26-51)27-52)20-22-41-36-14-6-9-28-10-7-16-43(46(28)36)53(41)2/h4-25H,3H2,1-2H3. The molecule has 10 rings (SSSR count). The summed E-state index contributed by atoms with van der Waals surface area (Å²) in [6.45, 7) is 2.72. The lowest BCUT2D eigenvalue weighted by atomic mass is 9.93. The molecule has 0 aliphatic heterocycles. The van der Waals surface area contributed by atoms with E-state index >= 15 is 0 Å². The van der Waals surface area contributed by atoms with Crippen molar-refractivity contribution < 1.29 is 14.4 Å². The van der Waals surface area contributed by atoms with Crippen molar-refractivity contribution in [1.29, 1.82) is 10.5 Å². The lowest BCUT2D eigenvalue weighted by Gasteiger charge is -2.10. The van der Waals surface area contributed by atoms with Crippen molar-refractivity contribution in [2.75, 3.05) is 0 Å². The molecule has 268 valence electrons. The van der Waals surface area contributed by atoms with E-state index in [1.165, 1.54) is 0 Å². The molecule has 0 fully saturated rings. The van der Waals surface area contributed by atoms with Crippen LogP contribution in [0.15, 0.2) is 138 Å². The lowest BCUT2D eigenvalue weighted by molar-refractivity contribution is 0.0986. The third-order valence-corrected chi connectivity index (χ3v) is 11.6. The second-order valence-electron chi connectivity index (χ2n) is 14.4. The Morgan fingerprint density at radius 3 is 1.91 bits per heavy atom. The molecule has 0 saturated heterocycles. The topological polar surface area (TPSA) is 109 Å². The zero-order valence-electron chi connectivity index (χ0n) is 30.9. The van der Waals surface area contributed by atoms with Crippen LogP contribution in [0.2, 0.25) is 0 Å². The van der Waals surface area contributed by atoms with E-state index in [9.17, 15) is 24.9 Å². The van der Waals surface area contributed by atoms with Crippen LogP contribution in [0.5, 0.6) is 0 Å². The van der Waals surface area contributed by atoms with Crippen molar-refractivity contribution in [3.63, 3.8) is 0 Å². The third-order valence-electron chi connectivity index (χ3n) is 11.6. The molecule has 0 spiro atoms. The van der Waals surface area contributed by atoms with Gasteiger partial charge in [0.2, 0.25) is 0 Å². The van der Waals surface area contributed by atoms with Gasteiger partial charge in [-0.1, -0.05) is 91.0 Å².